The molecule has 2 bridgehead atoms. The zero-order valence-corrected chi connectivity index (χ0v) is 13.1. The number of carbonyl (C=O) groups is 1. The van der Waals surface area contributed by atoms with E-state index in [1.165, 1.54) is 6.42 Å². The summed E-state index contributed by atoms with van der Waals surface area (Å²) in [6.07, 6.45) is 2.39. The zero-order valence-electron chi connectivity index (χ0n) is 13.1. The first-order valence-corrected chi connectivity index (χ1v) is 7.89. The fraction of sp³-hybridized carbons (Fsp3) is 0.611. The van der Waals surface area contributed by atoms with E-state index in [0.29, 0.717) is 11.5 Å². The van der Waals surface area contributed by atoms with Crippen LogP contribution in [-0.2, 0) is 4.79 Å². The molecule has 114 valence electrons. The van der Waals surface area contributed by atoms with Crippen LogP contribution in [0.3, 0.4) is 0 Å². The SMILES string of the molecule is CC1(C)[C@@H]2CC[C@@]1(C)[C@H](NC(=O)[C@@H](O)c1ccccc1)C2. The molecule has 2 aliphatic carbocycles. The maximum Gasteiger partial charge on any atom is 0.253 e. The van der Waals surface area contributed by atoms with Gasteiger partial charge < -0.3 is 10.4 Å². The van der Waals surface area contributed by atoms with Crippen molar-refractivity contribution in [2.45, 2.75) is 52.2 Å². The molecule has 2 aliphatic rings. The molecule has 2 N–H and O–H groups in total. The largest absolute Gasteiger partial charge is 0.378 e. The predicted molar refractivity (Wildman–Crippen MR) is 82.6 cm³/mol. The first-order valence-electron chi connectivity index (χ1n) is 7.89. The molecule has 0 heterocycles. The second kappa shape index (κ2) is 4.84. The standard InChI is InChI=1S/C18H25NO2/c1-17(2)13-9-10-18(17,3)14(11-13)19-16(21)15(20)12-7-5-4-6-8-12/h4-8,13-15,20H,9-11H2,1-3H3,(H,19,21)/t13-,14-,15+,18+/m1/s1. The van der Waals surface area contributed by atoms with E-state index >= 15 is 0 Å². The van der Waals surface area contributed by atoms with E-state index in [0.717, 1.165) is 12.8 Å². The molecule has 0 unspecified atom stereocenters. The molecule has 0 saturated heterocycles. The summed E-state index contributed by atoms with van der Waals surface area (Å²) in [5, 5.41) is 13.3. The first-order chi connectivity index (χ1) is 9.86. The highest BCUT2D eigenvalue weighted by atomic mass is 16.3. The highest BCUT2D eigenvalue weighted by Gasteiger charge is 2.61. The topological polar surface area (TPSA) is 49.3 Å². The third kappa shape index (κ3) is 2.10. The van der Waals surface area contributed by atoms with Crippen LogP contribution >= 0.6 is 0 Å². The minimum absolute atomic E-state index is 0.143. The Labute approximate surface area is 126 Å². The van der Waals surface area contributed by atoms with E-state index < -0.39 is 6.10 Å². The van der Waals surface area contributed by atoms with Crippen molar-refractivity contribution < 1.29 is 9.90 Å². The molecule has 0 aromatic heterocycles. The van der Waals surface area contributed by atoms with Crippen LogP contribution in [-0.4, -0.2) is 17.1 Å². The van der Waals surface area contributed by atoms with Gasteiger partial charge in [0.05, 0.1) is 0 Å². The molecule has 4 atom stereocenters. The van der Waals surface area contributed by atoms with Gasteiger partial charge in [-0.3, -0.25) is 4.79 Å². The van der Waals surface area contributed by atoms with Crippen molar-refractivity contribution in [3.8, 4) is 0 Å². The Morgan fingerprint density at radius 3 is 2.48 bits per heavy atom. The monoisotopic (exact) mass is 287 g/mol. The van der Waals surface area contributed by atoms with Gasteiger partial charge in [0.15, 0.2) is 6.10 Å². The average Bonchev–Trinajstić information content (AvgIpc) is 2.80. The highest BCUT2D eigenvalue weighted by molar-refractivity contribution is 5.82. The number of fused-ring (bicyclic) bond motifs is 2. The summed E-state index contributed by atoms with van der Waals surface area (Å²) < 4.78 is 0. The van der Waals surface area contributed by atoms with Crippen molar-refractivity contribution in [1.29, 1.82) is 0 Å². The molecule has 3 rings (SSSR count). The molecule has 1 aromatic carbocycles. The van der Waals surface area contributed by atoms with Crippen LogP contribution in [0.5, 0.6) is 0 Å². The summed E-state index contributed by atoms with van der Waals surface area (Å²) in [5.74, 6) is 0.414. The van der Waals surface area contributed by atoms with Gasteiger partial charge in [-0.05, 0) is 41.6 Å². The zero-order chi connectivity index (χ0) is 15.3. The number of carbonyl (C=O) groups excluding carboxylic acids is 1. The third-order valence-corrected chi connectivity index (χ3v) is 6.47. The van der Waals surface area contributed by atoms with Crippen LogP contribution < -0.4 is 5.32 Å². The van der Waals surface area contributed by atoms with Crippen LogP contribution in [0.2, 0.25) is 0 Å². The smallest absolute Gasteiger partial charge is 0.253 e. The van der Waals surface area contributed by atoms with Crippen molar-refractivity contribution in [1.82, 2.24) is 5.32 Å². The van der Waals surface area contributed by atoms with Crippen molar-refractivity contribution in [3.05, 3.63) is 35.9 Å². The molecule has 2 saturated carbocycles. The first kappa shape index (κ1) is 14.6. The van der Waals surface area contributed by atoms with E-state index in [1.807, 2.05) is 18.2 Å². The number of hydrogen-bond acceptors (Lipinski definition) is 2. The molecule has 1 aromatic rings. The molecule has 0 spiro atoms. The van der Waals surface area contributed by atoms with Crippen molar-refractivity contribution in [3.63, 3.8) is 0 Å². The summed E-state index contributed by atoms with van der Waals surface area (Å²) >= 11 is 0. The fourth-order valence-corrected chi connectivity index (χ4v) is 4.46. The molecular formula is C18H25NO2. The Hall–Kier alpha value is -1.35. The van der Waals surface area contributed by atoms with Crippen molar-refractivity contribution in [2.24, 2.45) is 16.7 Å². The lowest BCUT2D eigenvalue weighted by atomic mass is 9.69. The lowest BCUT2D eigenvalue weighted by Crippen LogP contribution is -2.48. The summed E-state index contributed by atoms with van der Waals surface area (Å²) in [6, 6.07) is 9.32. The molecule has 2 fully saturated rings. The number of nitrogens with one attached hydrogen (secondary N) is 1. The number of aliphatic hydroxyl groups is 1. The van der Waals surface area contributed by atoms with Crippen molar-refractivity contribution >= 4 is 5.91 Å². The van der Waals surface area contributed by atoms with Gasteiger partial charge in [0.1, 0.15) is 0 Å². The van der Waals surface area contributed by atoms with E-state index in [2.05, 4.69) is 26.1 Å². The summed E-state index contributed by atoms with van der Waals surface area (Å²) in [5.41, 5.74) is 1.06. The second-order valence-corrected chi connectivity index (χ2v) is 7.48. The van der Waals surface area contributed by atoms with Gasteiger partial charge in [-0.2, -0.15) is 0 Å². The van der Waals surface area contributed by atoms with Gasteiger partial charge in [0.2, 0.25) is 0 Å². The number of rotatable bonds is 3. The molecule has 0 radical (unpaired) electrons. The Morgan fingerprint density at radius 1 is 1.29 bits per heavy atom. The van der Waals surface area contributed by atoms with Crippen molar-refractivity contribution in [2.75, 3.05) is 0 Å². The third-order valence-electron chi connectivity index (χ3n) is 6.47. The number of aliphatic hydroxyl groups excluding tert-OH is 1. The maximum absolute atomic E-state index is 12.4. The lowest BCUT2D eigenvalue weighted by Gasteiger charge is -2.39. The van der Waals surface area contributed by atoms with Crippen LogP contribution in [0.1, 0.15) is 51.7 Å². The van der Waals surface area contributed by atoms with Gasteiger partial charge in [-0.15, -0.1) is 0 Å². The summed E-state index contributed by atoms with van der Waals surface area (Å²) in [6.45, 7) is 6.94. The summed E-state index contributed by atoms with van der Waals surface area (Å²) in [4.78, 5) is 12.4. The minimum atomic E-state index is -1.07. The summed E-state index contributed by atoms with van der Waals surface area (Å²) in [7, 11) is 0. The van der Waals surface area contributed by atoms with E-state index in [4.69, 9.17) is 0 Å². The van der Waals surface area contributed by atoms with Gasteiger partial charge in [-0.25, -0.2) is 0 Å². The second-order valence-electron chi connectivity index (χ2n) is 7.48. The molecule has 0 aliphatic heterocycles. The molecular weight excluding hydrogens is 262 g/mol. The molecule has 3 heteroatoms. The van der Waals surface area contributed by atoms with E-state index in [1.54, 1.807) is 12.1 Å². The van der Waals surface area contributed by atoms with Gasteiger partial charge in [-0.1, -0.05) is 51.1 Å². The Kier molecular flexibility index (Phi) is 3.36. The Morgan fingerprint density at radius 2 is 1.95 bits per heavy atom. The number of amides is 1. The number of benzene rings is 1. The van der Waals surface area contributed by atoms with Crippen LogP contribution in [0.25, 0.3) is 0 Å². The van der Waals surface area contributed by atoms with E-state index in [9.17, 15) is 9.90 Å². The highest BCUT2D eigenvalue weighted by Crippen LogP contribution is 2.65. The van der Waals surface area contributed by atoms with Gasteiger partial charge in [0.25, 0.3) is 5.91 Å². The normalized spacial score (nSPS) is 34.7. The van der Waals surface area contributed by atoms with Crippen LogP contribution in [0, 0.1) is 16.7 Å². The molecule has 3 nitrogen and oxygen atoms in total. The van der Waals surface area contributed by atoms with Crippen LogP contribution in [0.4, 0.5) is 0 Å². The predicted octanol–water partition coefficient (Wildman–Crippen LogP) is 3.05. The Bertz CT molecular complexity index is 539. The lowest BCUT2D eigenvalue weighted by molar-refractivity contribution is -0.131. The molecule has 1 amide bonds. The van der Waals surface area contributed by atoms with E-state index in [-0.39, 0.29) is 22.8 Å². The van der Waals surface area contributed by atoms with Gasteiger partial charge >= 0.3 is 0 Å². The Balaban J connectivity index is 1.72. The average molecular weight is 287 g/mol. The van der Waals surface area contributed by atoms with Crippen LogP contribution in [0.15, 0.2) is 30.3 Å². The maximum atomic E-state index is 12.4. The quantitative estimate of drug-likeness (QED) is 0.897. The minimum Gasteiger partial charge on any atom is -0.378 e. The van der Waals surface area contributed by atoms with Gasteiger partial charge in [0, 0.05) is 6.04 Å². The fourth-order valence-electron chi connectivity index (χ4n) is 4.46. The number of hydrogen-bond donors (Lipinski definition) is 2. The molecule has 21 heavy (non-hydrogen) atoms.